The van der Waals surface area contributed by atoms with Crippen molar-refractivity contribution in [1.29, 1.82) is 0 Å². The first-order valence-electron chi connectivity index (χ1n) is 8.38. The second-order valence-electron chi connectivity index (χ2n) is 5.98. The SMILES string of the molecule is COC(=O)c1cc(OCc2cc([N+](=O)[O-])cc3c2OCOC3)cc(C(=O)OC)c1. The van der Waals surface area contributed by atoms with Crippen LogP contribution in [0.2, 0.25) is 0 Å². The van der Waals surface area contributed by atoms with Crippen LogP contribution >= 0.6 is 0 Å². The van der Waals surface area contributed by atoms with E-state index in [0.717, 1.165) is 0 Å². The molecule has 0 fully saturated rings. The van der Waals surface area contributed by atoms with Crippen LogP contribution in [0.5, 0.6) is 11.5 Å². The van der Waals surface area contributed by atoms with Crippen molar-refractivity contribution in [3.05, 3.63) is 62.7 Å². The molecule has 0 aliphatic carbocycles. The van der Waals surface area contributed by atoms with Crippen molar-refractivity contribution in [2.75, 3.05) is 21.0 Å². The lowest BCUT2D eigenvalue weighted by Gasteiger charge is -2.20. The van der Waals surface area contributed by atoms with Crippen LogP contribution in [0.4, 0.5) is 5.69 Å². The quantitative estimate of drug-likeness (QED) is 0.407. The highest BCUT2D eigenvalue weighted by Crippen LogP contribution is 2.33. The molecule has 0 unspecified atom stereocenters. The monoisotopic (exact) mass is 403 g/mol. The van der Waals surface area contributed by atoms with Gasteiger partial charge in [0.2, 0.25) is 0 Å². The summed E-state index contributed by atoms with van der Waals surface area (Å²) in [6.45, 7) is 0.0890. The largest absolute Gasteiger partial charge is 0.489 e. The summed E-state index contributed by atoms with van der Waals surface area (Å²) in [5.41, 5.74) is 1.02. The minimum absolute atomic E-state index is 0.0160. The number of esters is 2. The smallest absolute Gasteiger partial charge is 0.338 e. The Morgan fingerprint density at radius 1 is 1.07 bits per heavy atom. The lowest BCUT2D eigenvalue weighted by atomic mass is 10.1. The highest BCUT2D eigenvalue weighted by atomic mass is 16.7. The molecule has 1 aliphatic heterocycles. The molecule has 10 heteroatoms. The molecule has 0 N–H and O–H groups in total. The first-order valence-corrected chi connectivity index (χ1v) is 8.38. The molecule has 2 aromatic rings. The number of ether oxygens (including phenoxy) is 5. The number of benzene rings is 2. The summed E-state index contributed by atoms with van der Waals surface area (Å²) >= 11 is 0. The topological polar surface area (TPSA) is 123 Å². The van der Waals surface area contributed by atoms with Crippen LogP contribution in [-0.4, -0.2) is 37.9 Å². The molecule has 2 aromatic carbocycles. The van der Waals surface area contributed by atoms with E-state index in [-0.39, 0.29) is 42.6 Å². The highest BCUT2D eigenvalue weighted by Gasteiger charge is 2.22. The zero-order valence-electron chi connectivity index (χ0n) is 15.6. The maximum atomic E-state index is 11.9. The summed E-state index contributed by atoms with van der Waals surface area (Å²) in [7, 11) is 2.42. The fraction of sp³-hybridized carbons (Fsp3) is 0.263. The van der Waals surface area contributed by atoms with E-state index in [1.54, 1.807) is 0 Å². The third-order valence-corrected chi connectivity index (χ3v) is 4.13. The van der Waals surface area contributed by atoms with Crippen LogP contribution in [0, 0.1) is 10.1 Å². The van der Waals surface area contributed by atoms with Gasteiger partial charge in [0.1, 0.15) is 18.1 Å². The van der Waals surface area contributed by atoms with Crippen LogP contribution in [0.15, 0.2) is 30.3 Å². The summed E-state index contributed by atoms with van der Waals surface area (Å²) in [4.78, 5) is 34.4. The molecule has 0 aromatic heterocycles. The van der Waals surface area contributed by atoms with Crippen LogP contribution < -0.4 is 9.47 Å². The molecular weight excluding hydrogens is 386 g/mol. The predicted octanol–water partition coefficient (Wildman–Crippen LogP) is 2.61. The Bertz CT molecular complexity index is 936. The summed E-state index contributed by atoms with van der Waals surface area (Å²) < 4.78 is 25.7. The molecule has 0 saturated carbocycles. The van der Waals surface area contributed by atoms with E-state index in [9.17, 15) is 19.7 Å². The highest BCUT2D eigenvalue weighted by molar-refractivity contribution is 5.96. The number of fused-ring (bicyclic) bond motifs is 1. The molecule has 152 valence electrons. The number of non-ortho nitro benzene ring substituents is 1. The van der Waals surface area contributed by atoms with E-state index in [4.69, 9.17) is 14.2 Å². The number of hydrogen-bond donors (Lipinski definition) is 0. The van der Waals surface area contributed by atoms with E-state index >= 15 is 0 Å². The summed E-state index contributed by atoms with van der Waals surface area (Å²) in [5, 5.41) is 11.2. The van der Waals surface area contributed by atoms with E-state index in [2.05, 4.69) is 9.47 Å². The van der Waals surface area contributed by atoms with Gasteiger partial charge in [0, 0.05) is 23.3 Å². The van der Waals surface area contributed by atoms with Gasteiger partial charge in [0.25, 0.3) is 5.69 Å². The lowest BCUT2D eigenvalue weighted by Crippen LogP contribution is -2.14. The molecule has 1 heterocycles. The van der Waals surface area contributed by atoms with Crippen molar-refractivity contribution in [1.82, 2.24) is 0 Å². The number of hydrogen-bond acceptors (Lipinski definition) is 9. The minimum Gasteiger partial charge on any atom is -0.489 e. The van der Waals surface area contributed by atoms with E-state index in [1.165, 1.54) is 44.6 Å². The van der Waals surface area contributed by atoms with Gasteiger partial charge in [0.05, 0.1) is 36.9 Å². The van der Waals surface area contributed by atoms with Gasteiger partial charge < -0.3 is 23.7 Å². The van der Waals surface area contributed by atoms with Gasteiger partial charge in [-0.15, -0.1) is 0 Å². The fourth-order valence-corrected chi connectivity index (χ4v) is 2.81. The van der Waals surface area contributed by atoms with Crippen molar-refractivity contribution < 1.29 is 38.2 Å². The number of rotatable bonds is 6. The normalized spacial score (nSPS) is 12.3. The molecular formula is C19H17NO9. The Balaban J connectivity index is 1.93. The molecule has 0 bridgehead atoms. The van der Waals surface area contributed by atoms with Gasteiger partial charge in [-0.1, -0.05) is 0 Å². The predicted molar refractivity (Wildman–Crippen MR) is 96.8 cm³/mol. The standard InChI is InChI=1S/C19H17NO9/c1-25-18(21)11-3-12(19(22)26-2)7-16(6-11)28-9-14-5-15(20(23)24)4-13-8-27-10-29-17(13)14/h3-7H,8-10H2,1-2H3. The number of nitro benzene ring substituents is 1. The molecule has 0 amide bonds. The third kappa shape index (κ3) is 4.43. The number of nitrogens with zero attached hydrogens (tertiary/aromatic N) is 1. The Morgan fingerprint density at radius 3 is 2.31 bits per heavy atom. The molecule has 3 rings (SSSR count). The first kappa shape index (κ1) is 20.1. The molecule has 0 radical (unpaired) electrons. The van der Waals surface area contributed by atoms with Gasteiger partial charge in [-0.25, -0.2) is 9.59 Å². The molecule has 1 aliphatic rings. The molecule has 0 spiro atoms. The first-order chi connectivity index (χ1) is 13.9. The van der Waals surface area contributed by atoms with Gasteiger partial charge >= 0.3 is 11.9 Å². The fourth-order valence-electron chi connectivity index (χ4n) is 2.81. The van der Waals surface area contributed by atoms with Crippen molar-refractivity contribution >= 4 is 17.6 Å². The zero-order chi connectivity index (χ0) is 21.0. The van der Waals surface area contributed by atoms with Crippen LogP contribution in [0.3, 0.4) is 0 Å². The van der Waals surface area contributed by atoms with Crippen molar-refractivity contribution in [2.45, 2.75) is 13.2 Å². The third-order valence-electron chi connectivity index (χ3n) is 4.13. The Kier molecular flexibility index (Phi) is 5.93. The zero-order valence-corrected chi connectivity index (χ0v) is 15.6. The molecule has 10 nitrogen and oxygen atoms in total. The van der Waals surface area contributed by atoms with Crippen molar-refractivity contribution in [3.8, 4) is 11.5 Å². The van der Waals surface area contributed by atoms with Crippen molar-refractivity contribution in [2.24, 2.45) is 0 Å². The van der Waals surface area contributed by atoms with E-state index < -0.39 is 16.9 Å². The maximum Gasteiger partial charge on any atom is 0.338 e. The Labute approximate surface area is 165 Å². The molecule has 0 saturated heterocycles. The number of carbonyl (C=O) groups excluding carboxylic acids is 2. The Hall–Kier alpha value is -3.66. The Morgan fingerprint density at radius 2 is 1.72 bits per heavy atom. The average Bonchev–Trinajstić information content (AvgIpc) is 2.75. The second kappa shape index (κ2) is 8.57. The van der Waals surface area contributed by atoms with Crippen LogP contribution in [0.1, 0.15) is 31.8 Å². The van der Waals surface area contributed by atoms with Crippen LogP contribution in [0.25, 0.3) is 0 Å². The average molecular weight is 403 g/mol. The van der Waals surface area contributed by atoms with Crippen molar-refractivity contribution in [3.63, 3.8) is 0 Å². The molecule has 29 heavy (non-hydrogen) atoms. The van der Waals surface area contributed by atoms with E-state index in [1.807, 2.05) is 0 Å². The number of nitro groups is 1. The summed E-state index contributed by atoms with van der Waals surface area (Å²) in [6, 6.07) is 6.83. The summed E-state index contributed by atoms with van der Waals surface area (Å²) in [6.07, 6.45) is 0. The number of methoxy groups -OCH3 is 2. The maximum absolute atomic E-state index is 11.9. The van der Waals surface area contributed by atoms with E-state index in [0.29, 0.717) is 16.9 Å². The second-order valence-corrected chi connectivity index (χ2v) is 5.98. The van der Waals surface area contributed by atoms with Gasteiger partial charge in [-0.2, -0.15) is 0 Å². The van der Waals surface area contributed by atoms with Gasteiger partial charge in [-0.05, 0) is 18.2 Å². The number of carbonyl (C=O) groups is 2. The van der Waals surface area contributed by atoms with Crippen LogP contribution in [-0.2, 0) is 27.4 Å². The lowest BCUT2D eigenvalue weighted by molar-refractivity contribution is -0.385. The van der Waals surface area contributed by atoms with Gasteiger partial charge in [-0.3, -0.25) is 10.1 Å². The summed E-state index contributed by atoms with van der Waals surface area (Å²) in [5.74, 6) is -0.692. The molecule has 0 atom stereocenters. The van der Waals surface area contributed by atoms with Gasteiger partial charge in [0.15, 0.2) is 6.79 Å². The minimum atomic E-state index is -0.659.